The average molecular weight is 382 g/mol. The zero-order valence-corrected chi connectivity index (χ0v) is 14.7. The van der Waals surface area contributed by atoms with Crippen LogP contribution in [0.1, 0.15) is 31.1 Å². The maximum atomic E-state index is 13.7. The zero-order valence-electron chi connectivity index (χ0n) is 12.3. The van der Waals surface area contributed by atoms with Gasteiger partial charge in [0.05, 0.1) is 17.1 Å². The van der Waals surface area contributed by atoms with Gasteiger partial charge in [-0.25, -0.2) is 4.39 Å². The van der Waals surface area contributed by atoms with Crippen molar-refractivity contribution in [1.29, 1.82) is 0 Å². The molecular weight excluding hydrogens is 369 g/mol. The Hall–Kier alpha value is -1.73. The van der Waals surface area contributed by atoms with Crippen molar-refractivity contribution in [1.82, 2.24) is 5.32 Å². The van der Waals surface area contributed by atoms with Crippen molar-refractivity contribution in [2.45, 2.75) is 12.6 Å². The van der Waals surface area contributed by atoms with Gasteiger partial charge in [0.25, 0.3) is 5.91 Å². The summed E-state index contributed by atoms with van der Waals surface area (Å²) < 4.78 is 13.7. The molecule has 0 saturated carbocycles. The number of amides is 1. The van der Waals surface area contributed by atoms with Gasteiger partial charge in [0.2, 0.25) is 0 Å². The second kappa shape index (κ2) is 7.44. The first-order valence-electron chi connectivity index (χ1n) is 7.08. The molecule has 1 amide bonds. The van der Waals surface area contributed by atoms with Crippen LogP contribution in [0.2, 0.25) is 5.02 Å². The fraction of sp³-hybridized carbons (Fsp3) is 0.118. The first-order chi connectivity index (χ1) is 11.6. The van der Waals surface area contributed by atoms with E-state index in [1.807, 2.05) is 29.6 Å². The number of hydrogen-bond acceptors (Lipinski definition) is 4. The second-order valence-corrected chi connectivity index (χ2v) is 7.59. The molecule has 2 heterocycles. The van der Waals surface area contributed by atoms with Gasteiger partial charge in [-0.05, 0) is 35.7 Å². The Labute approximate surface area is 151 Å². The van der Waals surface area contributed by atoms with Gasteiger partial charge in [0.15, 0.2) is 0 Å². The summed E-state index contributed by atoms with van der Waals surface area (Å²) in [6.07, 6.45) is -0.666. The van der Waals surface area contributed by atoms with E-state index in [0.717, 1.165) is 14.6 Å². The number of halogens is 2. The quantitative estimate of drug-likeness (QED) is 0.677. The van der Waals surface area contributed by atoms with Crippen LogP contribution in [0.25, 0.3) is 0 Å². The topological polar surface area (TPSA) is 49.3 Å². The van der Waals surface area contributed by atoms with E-state index in [2.05, 4.69) is 5.32 Å². The van der Waals surface area contributed by atoms with Crippen molar-refractivity contribution in [3.63, 3.8) is 0 Å². The highest BCUT2D eigenvalue weighted by molar-refractivity contribution is 7.12. The third-order valence-corrected chi connectivity index (χ3v) is 5.75. The van der Waals surface area contributed by atoms with E-state index in [1.54, 1.807) is 0 Å². The predicted octanol–water partition coefficient (Wildman–Crippen LogP) is 4.61. The summed E-state index contributed by atoms with van der Waals surface area (Å²) in [4.78, 5) is 14.6. The summed E-state index contributed by atoms with van der Waals surface area (Å²) >= 11 is 8.76. The van der Waals surface area contributed by atoms with Crippen molar-refractivity contribution in [3.8, 4) is 0 Å². The number of benzene rings is 1. The molecule has 3 nitrogen and oxygen atoms in total. The monoisotopic (exact) mass is 381 g/mol. The minimum absolute atomic E-state index is 0.0764. The summed E-state index contributed by atoms with van der Waals surface area (Å²) in [5.74, 6) is -1.22. The molecule has 1 aromatic carbocycles. The largest absolute Gasteiger partial charge is 0.382 e. The fourth-order valence-electron chi connectivity index (χ4n) is 2.19. The van der Waals surface area contributed by atoms with Gasteiger partial charge in [0.1, 0.15) is 11.9 Å². The molecule has 3 aromatic rings. The fourth-order valence-corrected chi connectivity index (χ4v) is 4.20. The van der Waals surface area contributed by atoms with Crippen molar-refractivity contribution in [3.05, 3.63) is 78.9 Å². The van der Waals surface area contributed by atoms with E-state index in [9.17, 15) is 14.3 Å². The Kier molecular flexibility index (Phi) is 5.30. The molecule has 0 radical (unpaired) electrons. The number of aliphatic hydroxyl groups is 1. The molecule has 0 spiro atoms. The number of thiophene rings is 2. The lowest BCUT2D eigenvalue weighted by molar-refractivity contribution is 0.0947. The van der Waals surface area contributed by atoms with Crippen LogP contribution in [0.5, 0.6) is 0 Å². The van der Waals surface area contributed by atoms with Gasteiger partial charge in [-0.3, -0.25) is 4.79 Å². The molecule has 3 rings (SSSR count). The summed E-state index contributed by atoms with van der Waals surface area (Å²) in [6.45, 7) is 0.241. The van der Waals surface area contributed by atoms with Gasteiger partial charge in [-0.15, -0.1) is 22.7 Å². The van der Waals surface area contributed by atoms with E-state index in [1.165, 1.54) is 40.9 Å². The molecule has 1 unspecified atom stereocenters. The molecular formula is C17H13ClFNO2S2. The number of hydrogen-bond donors (Lipinski definition) is 2. The molecule has 124 valence electrons. The molecule has 0 fully saturated rings. The molecule has 0 saturated heterocycles. The van der Waals surface area contributed by atoms with Crippen LogP contribution in [0.4, 0.5) is 4.39 Å². The molecule has 24 heavy (non-hydrogen) atoms. The van der Waals surface area contributed by atoms with Crippen LogP contribution < -0.4 is 5.32 Å². The van der Waals surface area contributed by atoms with Crippen LogP contribution in [-0.2, 0) is 6.54 Å². The van der Waals surface area contributed by atoms with Crippen LogP contribution in [0.15, 0.2) is 47.8 Å². The molecule has 0 aliphatic rings. The second-order valence-electron chi connectivity index (χ2n) is 5.00. The molecule has 7 heteroatoms. The highest BCUT2D eigenvalue weighted by Gasteiger charge is 2.17. The molecule has 0 bridgehead atoms. The number of carbonyl (C=O) groups excluding carboxylic acids is 1. The first-order valence-corrected chi connectivity index (χ1v) is 9.16. The molecule has 1 atom stereocenters. The maximum absolute atomic E-state index is 13.7. The average Bonchev–Trinajstić information content (AvgIpc) is 3.24. The van der Waals surface area contributed by atoms with Gasteiger partial charge >= 0.3 is 0 Å². The van der Waals surface area contributed by atoms with Crippen LogP contribution in [0, 0.1) is 5.82 Å². The Morgan fingerprint density at radius 3 is 2.75 bits per heavy atom. The number of carbonyl (C=O) groups is 1. The smallest absolute Gasteiger partial charge is 0.256 e. The van der Waals surface area contributed by atoms with Gasteiger partial charge in [0, 0.05) is 14.6 Å². The molecule has 2 N–H and O–H groups in total. The van der Waals surface area contributed by atoms with E-state index in [-0.39, 0.29) is 17.1 Å². The lowest BCUT2D eigenvalue weighted by Crippen LogP contribution is -2.23. The number of rotatable bonds is 5. The van der Waals surface area contributed by atoms with Crippen molar-refractivity contribution in [2.24, 2.45) is 0 Å². The van der Waals surface area contributed by atoms with Gasteiger partial charge in [-0.2, -0.15) is 0 Å². The number of nitrogens with one attached hydrogen (secondary N) is 1. The van der Waals surface area contributed by atoms with E-state index < -0.39 is 17.8 Å². The highest BCUT2D eigenvalue weighted by Crippen LogP contribution is 2.31. The summed E-state index contributed by atoms with van der Waals surface area (Å²) in [5, 5.41) is 14.9. The molecule has 2 aromatic heterocycles. The van der Waals surface area contributed by atoms with E-state index >= 15 is 0 Å². The van der Waals surface area contributed by atoms with Crippen LogP contribution >= 0.6 is 34.3 Å². The summed E-state index contributed by atoms with van der Waals surface area (Å²) in [7, 11) is 0. The van der Waals surface area contributed by atoms with Crippen molar-refractivity contribution >= 4 is 40.2 Å². The lowest BCUT2D eigenvalue weighted by Gasteiger charge is -2.07. The zero-order chi connectivity index (χ0) is 17.1. The minimum Gasteiger partial charge on any atom is -0.382 e. The standard InChI is InChI=1S/C17H13ClFNO2S2/c18-11-3-1-4-12(19)15(11)17(22)20-9-10-6-7-14(24-10)16(21)13-5-2-8-23-13/h1-8,16,21H,9H2,(H,20,22). The van der Waals surface area contributed by atoms with Gasteiger partial charge in [-0.1, -0.05) is 23.7 Å². The molecule has 0 aliphatic carbocycles. The molecule has 0 aliphatic heterocycles. The van der Waals surface area contributed by atoms with Crippen LogP contribution in [-0.4, -0.2) is 11.0 Å². The lowest BCUT2D eigenvalue weighted by atomic mass is 10.2. The Morgan fingerprint density at radius 2 is 2.04 bits per heavy atom. The first kappa shape index (κ1) is 17.1. The Balaban J connectivity index is 1.66. The van der Waals surface area contributed by atoms with E-state index in [4.69, 9.17) is 11.6 Å². The maximum Gasteiger partial charge on any atom is 0.256 e. The Bertz CT molecular complexity index is 828. The summed E-state index contributed by atoms with van der Waals surface area (Å²) in [5.41, 5.74) is -0.158. The van der Waals surface area contributed by atoms with E-state index in [0.29, 0.717) is 0 Å². The normalized spacial score (nSPS) is 12.1. The predicted molar refractivity (Wildman–Crippen MR) is 95.3 cm³/mol. The Morgan fingerprint density at radius 1 is 1.21 bits per heavy atom. The van der Waals surface area contributed by atoms with Gasteiger partial charge < -0.3 is 10.4 Å². The third-order valence-electron chi connectivity index (χ3n) is 3.38. The minimum atomic E-state index is -0.666. The highest BCUT2D eigenvalue weighted by atomic mass is 35.5. The van der Waals surface area contributed by atoms with Crippen molar-refractivity contribution < 1.29 is 14.3 Å². The third kappa shape index (κ3) is 3.67. The SMILES string of the molecule is O=C(NCc1ccc(C(O)c2cccs2)s1)c1c(F)cccc1Cl. The number of aliphatic hydroxyl groups excluding tert-OH is 1. The van der Waals surface area contributed by atoms with Crippen LogP contribution in [0.3, 0.4) is 0 Å². The van der Waals surface area contributed by atoms with Crippen molar-refractivity contribution in [2.75, 3.05) is 0 Å². The summed E-state index contributed by atoms with van der Waals surface area (Å²) in [6, 6.07) is 11.5.